The molecule has 0 bridgehead atoms. The van der Waals surface area contributed by atoms with Crippen molar-refractivity contribution in [2.24, 2.45) is 4.99 Å². The van der Waals surface area contributed by atoms with Gasteiger partial charge in [0.2, 0.25) is 5.91 Å². The van der Waals surface area contributed by atoms with E-state index in [4.69, 9.17) is 0 Å². The Morgan fingerprint density at radius 3 is 2.45 bits per heavy atom. The summed E-state index contributed by atoms with van der Waals surface area (Å²) in [5.41, 5.74) is 1.97. The Hall–Kier alpha value is -2.87. The van der Waals surface area contributed by atoms with Gasteiger partial charge in [0.15, 0.2) is 15.8 Å². The van der Waals surface area contributed by atoms with Gasteiger partial charge in [-0.15, -0.1) is 0 Å². The molecule has 1 aliphatic rings. The predicted octanol–water partition coefficient (Wildman–Crippen LogP) is 2.73. The molecule has 31 heavy (non-hydrogen) atoms. The molecule has 0 spiro atoms. The van der Waals surface area contributed by atoms with E-state index in [9.17, 15) is 13.2 Å². The van der Waals surface area contributed by atoms with Crippen LogP contribution in [0.5, 0.6) is 0 Å². The summed E-state index contributed by atoms with van der Waals surface area (Å²) in [5, 5.41) is 6.38. The number of rotatable bonds is 9. The van der Waals surface area contributed by atoms with Gasteiger partial charge >= 0.3 is 0 Å². The van der Waals surface area contributed by atoms with Crippen LogP contribution in [-0.4, -0.2) is 45.7 Å². The molecule has 0 radical (unpaired) electrons. The molecule has 0 unspecified atom stereocenters. The molecule has 7 nitrogen and oxygen atoms in total. The Balaban J connectivity index is 1.50. The number of carbonyl (C=O) groups excluding carboxylic acids is 1. The van der Waals surface area contributed by atoms with Crippen LogP contribution in [-0.2, 0) is 21.2 Å². The number of anilines is 1. The highest BCUT2D eigenvalue weighted by molar-refractivity contribution is 7.91. The molecular weight excluding hydrogens is 412 g/mol. The van der Waals surface area contributed by atoms with E-state index >= 15 is 0 Å². The SMILES string of the molecule is CCNC(=NCc1ccc(N2CCCC2=O)cc1)NCCCS(=O)(=O)c1ccccc1. The van der Waals surface area contributed by atoms with E-state index in [0.29, 0.717) is 43.3 Å². The average molecular weight is 443 g/mol. The summed E-state index contributed by atoms with van der Waals surface area (Å²) in [4.78, 5) is 18.6. The van der Waals surface area contributed by atoms with Gasteiger partial charge in [0.25, 0.3) is 0 Å². The fourth-order valence-electron chi connectivity index (χ4n) is 3.43. The predicted molar refractivity (Wildman–Crippen MR) is 124 cm³/mol. The summed E-state index contributed by atoms with van der Waals surface area (Å²) < 4.78 is 24.7. The summed E-state index contributed by atoms with van der Waals surface area (Å²) >= 11 is 0. The van der Waals surface area contributed by atoms with Gasteiger partial charge in [-0.2, -0.15) is 0 Å². The second kappa shape index (κ2) is 10.9. The number of hydrogen-bond acceptors (Lipinski definition) is 4. The van der Waals surface area contributed by atoms with Gasteiger partial charge in [0.05, 0.1) is 17.2 Å². The van der Waals surface area contributed by atoms with Gasteiger partial charge in [-0.3, -0.25) is 4.79 Å². The van der Waals surface area contributed by atoms with Gasteiger partial charge in [0, 0.05) is 31.7 Å². The van der Waals surface area contributed by atoms with Crippen molar-refractivity contribution in [1.29, 1.82) is 0 Å². The Labute approximate surface area is 184 Å². The zero-order valence-electron chi connectivity index (χ0n) is 17.9. The van der Waals surface area contributed by atoms with E-state index in [2.05, 4.69) is 15.6 Å². The van der Waals surface area contributed by atoms with Crippen molar-refractivity contribution in [3.8, 4) is 0 Å². The number of nitrogens with zero attached hydrogens (tertiary/aromatic N) is 2. The summed E-state index contributed by atoms with van der Waals surface area (Å²) in [6.45, 7) is 4.48. The minimum Gasteiger partial charge on any atom is -0.357 e. The van der Waals surface area contributed by atoms with E-state index in [1.807, 2.05) is 36.1 Å². The van der Waals surface area contributed by atoms with Crippen molar-refractivity contribution in [2.75, 3.05) is 30.3 Å². The van der Waals surface area contributed by atoms with Crippen LogP contribution in [0.1, 0.15) is 31.7 Å². The van der Waals surface area contributed by atoms with E-state index in [0.717, 1.165) is 24.2 Å². The topological polar surface area (TPSA) is 90.9 Å². The number of guanidine groups is 1. The third-order valence-corrected chi connectivity index (χ3v) is 6.89. The smallest absolute Gasteiger partial charge is 0.227 e. The second-order valence-corrected chi connectivity index (χ2v) is 9.53. The Morgan fingerprint density at radius 2 is 1.81 bits per heavy atom. The average Bonchev–Trinajstić information content (AvgIpc) is 3.21. The molecule has 1 heterocycles. The van der Waals surface area contributed by atoms with E-state index < -0.39 is 9.84 Å². The van der Waals surface area contributed by atoms with Gasteiger partial charge in [0.1, 0.15) is 0 Å². The lowest BCUT2D eigenvalue weighted by Gasteiger charge is -2.16. The van der Waals surface area contributed by atoms with Crippen LogP contribution >= 0.6 is 0 Å². The first-order valence-corrected chi connectivity index (χ1v) is 12.3. The van der Waals surface area contributed by atoms with Crippen LogP contribution in [0.3, 0.4) is 0 Å². The first-order chi connectivity index (χ1) is 15.0. The monoisotopic (exact) mass is 442 g/mol. The molecule has 3 rings (SSSR count). The highest BCUT2D eigenvalue weighted by Gasteiger charge is 2.21. The van der Waals surface area contributed by atoms with Crippen molar-refractivity contribution in [1.82, 2.24) is 10.6 Å². The zero-order chi connectivity index (χ0) is 22.1. The largest absolute Gasteiger partial charge is 0.357 e. The fraction of sp³-hybridized carbons (Fsp3) is 0.391. The standard InChI is InChI=1S/C23H30N4O3S/c1-2-24-23(25-15-7-17-31(29,30)21-8-4-3-5-9-21)26-18-19-11-13-20(14-12-19)27-16-6-10-22(27)28/h3-5,8-9,11-14H,2,6-7,10,15-18H2,1H3,(H2,24,25,26). The number of nitrogens with one attached hydrogen (secondary N) is 2. The number of carbonyl (C=O) groups is 1. The second-order valence-electron chi connectivity index (χ2n) is 7.42. The molecule has 0 aliphatic carbocycles. The minimum absolute atomic E-state index is 0.0834. The van der Waals surface area contributed by atoms with Crippen molar-refractivity contribution >= 4 is 27.4 Å². The maximum atomic E-state index is 12.4. The van der Waals surface area contributed by atoms with E-state index in [-0.39, 0.29) is 11.7 Å². The highest BCUT2D eigenvalue weighted by Crippen LogP contribution is 2.21. The van der Waals surface area contributed by atoms with Crippen LogP contribution < -0.4 is 15.5 Å². The first kappa shape index (κ1) is 22.8. The van der Waals surface area contributed by atoms with Gasteiger partial charge in [-0.05, 0) is 49.6 Å². The normalized spacial score (nSPS) is 14.7. The van der Waals surface area contributed by atoms with E-state index in [1.165, 1.54) is 0 Å². The van der Waals surface area contributed by atoms with Crippen molar-refractivity contribution < 1.29 is 13.2 Å². The number of sulfone groups is 1. The Bertz CT molecular complexity index is 989. The van der Waals surface area contributed by atoms with Crippen molar-refractivity contribution in [3.05, 3.63) is 60.2 Å². The molecule has 0 aromatic heterocycles. The number of aliphatic imine (C=N–C) groups is 1. The molecule has 2 N–H and O–H groups in total. The Kier molecular flexibility index (Phi) is 8.06. The van der Waals surface area contributed by atoms with Crippen molar-refractivity contribution in [3.63, 3.8) is 0 Å². The molecular formula is C23H30N4O3S. The number of benzene rings is 2. The molecule has 1 saturated heterocycles. The summed E-state index contributed by atoms with van der Waals surface area (Å²) in [6.07, 6.45) is 2.02. The van der Waals surface area contributed by atoms with Crippen LogP contribution in [0.25, 0.3) is 0 Å². The van der Waals surface area contributed by atoms with Crippen LogP contribution in [0.4, 0.5) is 5.69 Å². The van der Waals surface area contributed by atoms with Crippen molar-refractivity contribution in [2.45, 2.75) is 37.6 Å². The molecule has 166 valence electrons. The van der Waals surface area contributed by atoms with Gasteiger partial charge in [-0.1, -0.05) is 30.3 Å². The third-order valence-electron chi connectivity index (χ3n) is 5.07. The lowest BCUT2D eigenvalue weighted by Crippen LogP contribution is -2.38. The minimum atomic E-state index is -3.27. The summed E-state index contributed by atoms with van der Waals surface area (Å²) in [6, 6.07) is 16.4. The molecule has 0 saturated carbocycles. The van der Waals surface area contributed by atoms with Gasteiger partial charge in [-0.25, -0.2) is 13.4 Å². The molecule has 1 amide bonds. The summed E-state index contributed by atoms with van der Waals surface area (Å²) in [7, 11) is -3.27. The molecule has 8 heteroatoms. The molecule has 1 fully saturated rings. The first-order valence-electron chi connectivity index (χ1n) is 10.7. The van der Waals surface area contributed by atoms with Gasteiger partial charge < -0.3 is 15.5 Å². The molecule has 1 aliphatic heterocycles. The summed E-state index contributed by atoms with van der Waals surface area (Å²) in [5.74, 6) is 0.914. The Morgan fingerprint density at radius 1 is 1.06 bits per heavy atom. The highest BCUT2D eigenvalue weighted by atomic mass is 32.2. The molecule has 0 atom stereocenters. The molecule has 2 aromatic rings. The van der Waals surface area contributed by atoms with E-state index in [1.54, 1.807) is 30.3 Å². The quantitative estimate of drug-likeness (QED) is 0.354. The lowest BCUT2D eigenvalue weighted by molar-refractivity contribution is -0.117. The molecule has 2 aromatic carbocycles. The fourth-order valence-corrected chi connectivity index (χ4v) is 4.76. The zero-order valence-corrected chi connectivity index (χ0v) is 18.7. The number of hydrogen-bond donors (Lipinski definition) is 2. The number of amides is 1. The third kappa shape index (κ3) is 6.55. The maximum Gasteiger partial charge on any atom is 0.227 e. The maximum absolute atomic E-state index is 12.4. The van der Waals surface area contributed by atoms with Crippen LogP contribution in [0, 0.1) is 0 Å². The lowest BCUT2D eigenvalue weighted by atomic mass is 10.2. The van der Waals surface area contributed by atoms with Crippen LogP contribution in [0.2, 0.25) is 0 Å². The van der Waals surface area contributed by atoms with Crippen LogP contribution in [0.15, 0.2) is 64.5 Å².